The zero-order valence-corrected chi connectivity index (χ0v) is 13.8. The van der Waals surface area contributed by atoms with Gasteiger partial charge in [0.1, 0.15) is 0 Å². The lowest BCUT2D eigenvalue weighted by Gasteiger charge is -2.37. The Kier molecular flexibility index (Phi) is 5.00. The molecule has 3 rings (SSSR count). The maximum Gasteiger partial charge on any atom is 0.282 e. The van der Waals surface area contributed by atoms with Crippen molar-refractivity contribution in [1.29, 1.82) is 0 Å². The van der Waals surface area contributed by atoms with E-state index in [1.165, 1.54) is 5.69 Å². The maximum absolute atomic E-state index is 12.8. The summed E-state index contributed by atoms with van der Waals surface area (Å²) in [5, 5.41) is 0. The van der Waals surface area contributed by atoms with E-state index in [-0.39, 0.29) is 0 Å². The second kappa shape index (κ2) is 6.98. The summed E-state index contributed by atoms with van der Waals surface area (Å²) < 4.78 is 28.9. The molecule has 2 aliphatic heterocycles. The first kappa shape index (κ1) is 15.8. The molecule has 0 spiro atoms. The van der Waals surface area contributed by atoms with E-state index in [0.717, 1.165) is 38.8 Å². The quantitative estimate of drug-likeness (QED) is 0.854. The Balaban J connectivity index is 1.62. The van der Waals surface area contributed by atoms with Crippen LogP contribution in [0.15, 0.2) is 30.3 Å². The van der Waals surface area contributed by atoms with Gasteiger partial charge in [-0.15, -0.1) is 0 Å². The third-order valence-electron chi connectivity index (χ3n) is 4.58. The molecule has 0 unspecified atom stereocenters. The molecule has 0 atom stereocenters. The second-order valence-electron chi connectivity index (χ2n) is 6.04. The van der Waals surface area contributed by atoms with E-state index in [9.17, 15) is 8.42 Å². The van der Waals surface area contributed by atoms with Gasteiger partial charge in [0.25, 0.3) is 10.2 Å². The van der Waals surface area contributed by atoms with Crippen LogP contribution in [-0.4, -0.2) is 56.3 Å². The highest BCUT2D eigenvalue weighted by atomic mass is 32.2. The van der Waals surface area contributed by atoms with Crippen molar-refractivity contribution in [2.24, 2.45) is 0 Å². The zero-order valence-electron chi connectivity index (χ0n) is 13.0. The summed E-state index contributed by atoms with van der Waals surface area (Å²) in [6.45, 7) is 4.04. The maximum atomic E-state index is 12.8. The minimum absolute atomic E-state index is 0.577. The largest absolute Gasteiger partial charge is 0.369 e. The highest BCUT2D eigenvalue weighted by molar-refractivity contribution is 7.86. The fourth-order valence-corrected chi connectivity index (χ4v) is 4.92. The van der Waals surface area contributed by atoms with Crippen LogP contribution in [0.25, 0.3) is 0 Å². The van der Waals surface area contributed by atoms with Crippen molar-refractivity contribution in [2.45, 2.75) is 25.7 Å². The molecule has 1 aromatic carbocycles. The van der Waals surface area contributed by atoms with E-state index in [1.807, 2.05) is 18.2 Å². The number of benzene rings is 1. The second-order valence-corrected chi connectivity index (χ2v) is 7.97. The molecule has 0 N–H and O–H groups in total. The van der Waals surface area contributed by atoms with Crippen LogP contribution in [0.2, 0.25) is 0 Å². The Morgan fingerprint density at radius 2 is 1.23 bits per heavy atom. The number of hydrogen-bond donors (Lipinski definition) is 0. The van der Waals surface area contributed by atoms with Crippen LogP contribution in [0, 0.1) is 0 Å². The van der Waals surface area contributed by atoms with Gasteiger partial charge in [-0.2, -0.15) is 17.0 Å². The highest BCUT2D eigenvalue weighted by Crippen LogP contribution is 2.20. The van der Waals surface area contributed by atoms with Crippen molar-refractivity contribution in [3.63, 3.8) is 0 Å². The van der Waals surface area contributed by atoms with Crippen LogP contribution in [0.3, 0.4) is 0 Å². The fourth-order valence-electron chi connectivity index (χ4n) is 3.25. The SMILES string of the molecule is O=S(=O)(N1CCCCCC1)N1CCN(c2ccccc2)CC1. The van der Waals surface area contributed by atoms with Gasteiger partial charge in [-0.05, 0) is 25.0 Å². The smallest absolute Gasteiger partial charge is 0.282 e. The molecule has 0 aromatic heterocycles. The summed E-state index contributed by atoms with van der Waals surface area (Å²) >= 11 is 0. The first-order chi connectivity index (χ1) is 10.7. The first-order valence-electron chi connectivity index (χ1n) is 8.23. The van der Waals surface area contributed by atoms with Gasteiger partial charge in [0.2, 0.25) is 0 Å². The average molecular weight is 323 g/mol. The molecule has 2 heterocycles. The summed E-state index contributed by atoms with van der Waals surface area (Å²) in [5.41, 5.74) is 1.18. The lowest BCUT2D eigenvalue weighted by molar-refractivity contribution is 0.327. The summed E-state index contributed by atoms with van der Waals surface area (Å²) in [6, 6.07) is 10.2. The number of anilines is 1. The molecule has 0 radical (unpaired) electrons. The fraction of sp³-hybridized carbons (Fsp3) is 0.625. The van der Waals surface area contributed by atoms with Crippen molar-refractivity contribution < 1.29 is 8.42 Å². The normalized spacial score (nSPS) is 22.5. The van der Waals surface area contributed by atoms with Gasteiger partial charge in [-0.3, -0.25) is 0 Å². The summed E-state index contributed by atoms with van der Waals surface area (Å²) in [4.78, 5) is 2.26. The average Bonchev–Trinajstić information content (AvgIpc) is 2.86. The van der Waals surface area contributed by atoms with Crippen molar-refractivity contribution in [3.8, 4) is 0 Å². The minimum Gasteiger partial charge on any atom is -0.369 e. The number of nitrogens with zero attached hydrogens (tertiary/aromatic N) is 3. The van der Waals surface area contributed by atoms with E-state index in [1.54, 1.807) is 8.61 Å². The Morgan fingerprint density at radius 1 is 0.682 bits per heavy atom. The van der Waals surface area contributed by atoms with Gasteiger partial charge < -0.3 is 4.90 Å². The van der Waals surface area contributed by atoms with E-state index in [2.05, 4.69) is 17.0 Å². The predicted octanol–water partition coefficient (Wildman–Crippen LogP) is 1.93. The van der Waals surface area contributed by atoms with Crippen molar-refractivity contribution in [1.82, 2.24) is 8.61 Å². The third kappa shape index (κ3) is 3.45. The van der Waals surface area contributed by atoms with Crippen LogP contribution in [0.1, 0.15) is 25.7 Å². The Labute approximate surface area is 133 Å². The van der Waals surface area contributed by atoms with E-state index in [0.29, 0.717) is 26.2 Å². The van der Waals surface area contributed by atoms with Crippen molar-refractivity contribution in [3.05, 3.63) is 30.3 Å². The zero-order chi connectivity index (χ0) is 15.4. The van der Waals surface area contributed by atoms with Crippen LogP contribution >= 0.6 is 0 Å². The molecule has 0 bridgehead atoms. The first-order valence-corrected chi connectivity index (χ1v) is 9.63. The number of piperazine rings is 1. The summed E-state index contributed by atoms with van der Waals surface area (Å²) in [5.74, 6) is 0. The van der Waals surface area contributed by atoms with Crippen LogP contribution in [0.4, 0.5) is 5.69 Å². The lowest BCUT2D eigenvalue weighted by atomic mass is 10.2. The molecule has 22 heavy (non-hydrogen) atoms. The molecular weight excluding hydrogens is 298 g/mol. The Morgan fingerprint density at radius 3 is 1.82 bits per heavy atom. The monoisotopic (exact) mass is 323 g/mol. The number of para-hydroxylation sites is 1. The van der Waals surface area contributed by atoms with Gasteiger partial charge in [0.15, 0.2) is 0 Å². The molecular formula is C16H25N3O2S. The topological polar surface area (TPSA) is 43.9 Å². The Bertz CT molecular complexity index is 560. The molecule has 2 fully saturated rings. The van der Waals surface area contributed by atoms with Crippen LogP contribution in [-0.2, 0) is 10.2 Å². The number of rotatable bonds is 3. The molecule has 0 saturated carbocycles. The Hall–Kier alpha value is -1.11. The predicted molar refractivity (Wildman–Crippen MR) is 89.2 cm³/mol. The van der Waals surface area contributed by atoms with Gasteiger partial charge in [-0.25, -0.2) is 0 Å². The molecule has 122 valence electrons. The molecule has 0 amide bonds. The molecule has 6 heteroatoms. The van der Waals surface area contributed by atoms with E-state index < -0.39 is 10.2 Å². The minimum atomic E-state index is -3.27. The lowest BCUT2D eigenvalue weighted by Crippen LogP contribution is -2.53. The van der Waals surface area contributed by atoms with Crippen molar-refractivity contribution >= 4 is 15.9 Å². The summed E-state index contributed by atoms with van der Waals surface area (Å²) in [6.07, 6.45) is 4.27. The van der Waals surface area contributed by atoms with Gasteiger partial charge >= 0.3 is 0 Å². The van der Waals surface area contributed by atoms with Gasteiger partial charge in [0, 0.05) is 45.0 Å². The van der Waals surface area contributed by atoms with Gasteiger partial charge in [0.05, 0.1) is 0 Å². The highest BCUT2D eigenvalue weighted by Gasteiger charge is 2.32. The van der Waals surface area contributed by atoms with E-state index >= 15 is 0 Å². The molecule has 5 nitrogen and oxygen atoms in total. The summed E-state index contributed by atoms with van der Waals surface area (Å²) in [7, 11) is -3.27. The third-order valence-corrected chi connectivity index (χ3v) is 6.61. The van der Waals surface area contributed by atoms with E-state index in [4.69, 9.17) is 0 Å². The number of hydrogen-bond acceptors (Lipinski definition) is 3. The molecule has 0 aliphatic carbocycles. The molecule has 2 saturated heterocycles. The standard InChI is InChI=1S/C16H25N3O2S/c20-22(21,18-10-6-1-2-7-11-18)19-14-12-17(13-15-19)16-8-4-3-5-9-16/h3-5,8-9H,1-2,6-7,10-15H2. The van der Waals surface area contributed by atoms with Crippen LogP contribution < -0.4 is 4.90 Å². The van der Waals surface area contributed by atoms with Crippen LogP contribution in [0.5, 0.6) is 0 Å². The molecule has 1 aromatic rings. The van der Waals surface area contributed by atoms with Gasteiger partial charge in [-0.1, -0.05) is 31.0 Å². The van der Waals surface area contributed by atoms with Crippen molar-refractivity contribution in [2.75, 3.05) is 44.2 Å². The molecule has 2 aliphatic rings.